The van der Waals surface area contributed by atoms with Gasteiger partial charge in [0.1, 0.15) is 11.8 Å². The number of rotatable bonds is 3. The molecule has 0 amide bonds. The molecule has 0 fully saturated rings. The highest BCUT2D eigenvalue weighted by Crippen LogP contribution is 2.24. The normalized spacial score (nSPS) is 18.1. The van der Waals surface area contributed by atoms with Crippen LogP contribution in [0.2, 0.25) is 0 Å². The van der Waals surface area contributed by atoms with Gasteiger partial charge < -0.3 is 4.74 Å². The van der Waals surface area contributed by atoms with Crippen molar-refractivity contribution in [2.75, 3.05) is 6.61 Å². The summed E-state index contributed by atoms with van der Waals surface area (Å²) >= 11 is 0. The first-order valence-electron chi connectivity index (χ1n) is 5.10. The smallest absolute Gasteiger partial charge is 0.120 e. The lowest BCUT2D eigenvalue weighted by atomic mass is 10.1. The third-order valence-corrected chi connectivity index (χ3v) is 2.57. The van der Waals surface area contributed by atoms with Crippen molar-refractivity contribution in [3.05, 3.63) is 29.8 Å². The van der Waals surface area contributed by atoms with Gasteiger partial charge in [0, 0.05) is 13.2 Å². The summed E-state index contributed by atoms with van der Waals surface area (Å²) in [6.45, 7) is 0.766. The van der Waals surface area contributed by atoms with Crippen molar-refractivity contribution in [1.82, 2.24) is 15.2 Å². The van der Waals surface area contributed by atoms with Crippen molar-refractivity contribution in [2.24, 2.45) is 12.9 Å². The third kappa shape index (κ3) is 2.03. The molecule has 0 saturated heterocycles. The van der Waals surface area contributed by atoms with Crippen LogP contribution in [0.4, 0.5) is 0 Å². The number of hydrazine groups is 1. The minimum atomic E-state index is -0.0993. The second-order valence-corrected chi connectivity index (χ2v) is 3.58. The average Bonchev–Trinajstić information content (AvgIpc) is 2.68. The summed E-state index contributed by atoms with van der Waals surface area (Å²) in [4.78, 5) is 0. The van der Waals surface area contributed by atoms with Crippen LogP contribution in [-0.2, 0) is 11.8 Å². The van der Waals surface area contributed by atoms with Crippen LogP contribution in [0.25, 0.3) is 0 Å². The van der Waals surface area contributed by atoms with E-state index in [9.17, 15) is 0 Å². The molecule has 1 aliphatic heterocycles. The first-order valence-corrected chi connectivity index (χ1v) is 5.10. The van der Waals surface area contributed by atoms with Gasteiger partial charge in [-0.1, -0.05) is 0 Å². The molecule has 5 heteroatoms. The molecule has 0 bridgehead atoms. The van der Waals surface area contributed by atoms with Crippen molar-refractivity contribution in [2.45, 2.75) is 18.9 Å². The topological polar surface area (TPSA) is 65.1 Å². The molecule has 1 atom stereocenters. The molecule has 0 radical (unpaired) electrons. The first-order chi connectivity index (χ1) is 7.33. The van der Waals surface area contributed by atoms with E-state index in [4.69, 9.17) is 10.6 Å². The van der Waals surface area contributed by atoms with E-state index in [0.29, 0.717) is 0 Å². The van der Waals surface area contributed by atoms with Gasteiger partial charge in [-0.05, 0) is 25.0 Å². The Labute approximate surface area is 88.9 Å². The van der Waals surface area contributed by atoms with Crippen LogP contribution in [0.3, 0.4) is 0 Å². The number of nitrogens with zero attached hydrogens (tertiary/aromatic N) is 2. The van der Waals surface area contributed by atoms with Gasteiger partial charge in [-0.2, -0.15) is 5.10 Å². The fourth-order valence-corrected chi connectivity index (χ4v) is 1.76. The average molecular weight is 208 g/mol. The minimum absolute atomic E-state index is 0.0993. The van der Waals surface area contributed by atoms with Gasteiger partial charge in [0.2, 0.25) is 0 Å². The number of allylic oxidation sites excluding steroid dienone is 1. The van der Waals surface area contributed by atoms with Gasteiger partial charge in [0.15, 0.2) is 0 Å². The highest BCUT2D eigenvalue weighted by molar-refractivity contribution is 5.18. The molecule has 82 valence electrons. The number of ether oxygens (including phenoxy) is 1. The first kappa shape index (κ1) is 10.2. The molecule has 2 heterocycles. The summed E-state index contributed by atoms with van der Waals surface area (Å²) in [5, 5.41) is 4.12. The SMILES string of the molecule is Cn1nccc1C(NN)C1=CCCCO1. The Hall–Kier alpha value is -1.33. The molecule has 1 unspecified atom stereocenters. The number of aromatic nitrogens is 2. The van der Waals surface area contributed by atoms with Crippen molar-refractivity contribution >= 4 is 0 Å². The Morgan fingerprint density at radius 3 is 3.07 bits per heavy atom. The van der Waals surface area contributed by atoms with Gasteiger partial charge in [0.05, 0.1) is 12.3 Å². The van der Waals surface area contributed by atoms with E-state index >= 15 is 0 Å². The van der Waals surface area contributed by atoms with Crippen LogP contribution >= 0.6 is 0 Å². The van der Waals surface area contributed by atoms with Gasteiger partial charge in [0.25, 0.3) is 0 Å². The number of nitrogens with one attached hydrogen (secondary N) is 1. The zero-order valence-electron chi connectivity index (χ0n) is 8.81. The lowest BCUT2D eigenvalue weighted by molar-refractivity contribution is 0.166. The van der Waals surface area contributed by atoms with Crippen LogP contribution < -0.4 is 11.3 Å². The van der Waals surface area contributed by atoms with Gasteiger partial charge in [-0.15, -0.1) is 0 Å². The van der Waals surface area contributed by atoms with E-state index in [1.807, 2.05) is 13.1 Å². The summed E-state index contributed by atoms with van der Waals surface area (Å²) in [5.74, 6) is 6.45. The fourth-order valence-electron chi connectivity index (χ4n) is 1.76. The van der Waals surface area contributed by atoms with E-state index in [2.05, 4.69) is 16.6 Å². The maximum absolute atomic E-state index is 5.59. The van der Waals surface area contributed by atoms with Crippen LogP contribution in [0.1, 0.15) is 24.6 Å². The lowest BCUT2D eigenvalue weighted by Gasteiger charge is -2.23. The summed E-state index contributed by atoms with van der Waals surface area (Å²) < 4.78 is 7.38. The molecule has 1 aromatic rings. The zero-order chi connectivity index (χ0) is 10.7. The summed E-state index contributed by atoms with van der Waals surface area (Å²) in [6, 6.07) is 1.83. The summed E-state index contributed by atoms with van der Waals surface area (Å²) in [7, 11) is 1.89. The molecule has 15 heavy (non-hydrogen) atoms. The monoisotopic (exact) mass is 208 g/mol. The quantitative estimate of drug-likeness (QED) is 0.564. The number of aryl methyl sites for hydroxylation is 1. The standard InChI is InChI=1S/C10H16N4O/c1-14-8(5-6-12-14)10(13-11)9-4-2-3-7-15-9/h4-6,10,13H,2-3,7,11H2,1H3. The molecular formula is C10H16N4O. The van der Waals surface area contributed by atoms with Gasteiger partial charge in [-0.3, -0.25) is 10.5 Å². The second-order valence-electron chi connectivity index (χ2n) is 3.58. The predicted octanol–water partition coefficient (Wildman–Crippen LogP) is 0.619. The fraction of sp³-hybridized carbons (Fsp3) is 0.500. The van der Waals surface area contributed by atoms with Crippen molar-refractivity contribution in [1.29, 1.82) is 0 Å². The highest BCUT2D eigenvalue weighted by atomic mass is 16.5. The number of nitrogens with two attached hydrogens (primary N) is 1. The van der Waals surface area contributed by atoms with Crippen molar-refractivity contribution in [3.8, 4) is 0 Å². The van der Waals surface area contributed by atoms with E-state index < -0.39 is 0 Å². The molecule has 0 aliphatic carbocycles. The highest BCUT2D eigenvalue weighted by Gasteiger charge is 2.20. The van der Waals surface area contributed by atoms with E-state index in [0.717, 1.165) is 30.9 Å². The predicted molar refractivity (Wildman–Crippen MR) is 56.5 cm³/mol. The Bertz CT molecular complexity index is 358. The van der Waals surface area contributed by atoms with Crippen LogP contribution in [0, 0.1) is 0 Å². The Morgan fingerprint density at radius 1 is 1.67 bits per heavy atom. The molecule has 0 saturated carbocycles. The lowest BCUT2D eigenvalue weighted by Crippen LogP contribution is -2.32. The van der Waals surface area contributed by atoms with E-state index in [1.165, 1.54) is 0 Å². The second kappa shape index (κ2) is 4.46. The maximum atomic E-state index is 5.59. The molecular weight excluding hydrogens is 192 g/mol. The van der Waals surface area contributed by atoms with Gasteiger partial charge in [-0.25, -0.2) is 5.43 Å². The molecule has 1 aromatic heterocycles. The molecule has 3 N–H and O–H groups in total. The number of hydrogen-bond donors (Lipinski definition) is 2. The Kier molecular flexibility index (Phi) is 3.03. The van der Waals surface area contributed by atoms with Crippen LogP contribution in [-0.4, -0.2) is 16.4 Å². The summed E-state index contributed by atoms with van der Waals surface area (Å²) in [6.07, 6.45) is 5.96. The Morgan fingerprint density at radius 2 is 2.53 bits per heavy atom. The molecule has 5 nitrogen and oxygen atoms in total. The Balaban J connectivity index is 2.24. The summed E-state index contributed by atoms with van der Waals surface area (Å²) in [5.41, 5.74) is 3.77. The zero-order valence-corrected chi connectivity index (χ0v) is 8.81. The minimum Gasteiger partial charge on any atom is -0.496 e. The van der Waals surface area contributed by atoms with E-state index in [-0.39, 0.29) is 6.04 Å². The maximum Gasteiger partial charge on any atom is 0.120 e. The van der Waals surface area contributed by atoms with Crippen molar-refractivity contribution < 1.29 is 4.74 Å². The van der Waals surface area contributed by atoms with Crippen LogP contribution in [0.5, 0.6) is 0 Å². The molecule has 0 spiro atoms. The molecule has 2 rings (SSSR count). The third-order valence-electron chi connectivity index (χ3n) is 2.57. The van der Waals surface area contributed by atoms with Crippen LogP contribution in [0.15, 0.2) is 24.1 Å². The van der Waals surface area contributed by atoms with Gasteiger partial charge >= 0.3 is 0 Å². The largest absolute Gasteiger partial charge is 0.496 e. The van der Waals surface area contributed by atoms with Crippen molar-refractivity contribution in [3.63, 3.8) is 0 Å². The molecule has 0 aromatic carbocycles. The molecule has 1 aliphatic rings. The van der Waals surface area contributed by atoms with E-state index in [1.54, 1.807) is 10.9 Å². The number of hydrogen-bond acceptors (Lipinski definition) is 4.